The van der Waals surface area contributed by atoms with Crippen LogP contribution in [0.4, 0.5) is 10.1 Å². The molecule has 1 aliphatic carbocycles. The fourth-order valence-corrected chi connectivity index (χ4v) is 6.98. The zero-order valence-corrected chi connectivity index (χ0v) is 30.0. The van der Waals surface area contributed by atoms with Gasteiger partial charge in [0, 0.05) is 67.7 Å². The summed E-state index contributed by atoms with van der Waals surface area (Å²) >= 11 is 6.44. The first-order chi connectivity index (χ1) is 25.0. The number of methoxy groups -OCH3 is 1. The van der Waals surface area contributed by atoms with E-state index >= 15 is 4.39 Å². The van der Waals surface area contributed by atoms with E-state index in [1.165, 1.54) is 13.2 Å². The number of aromatic nitrogens is 2. The van der Waals surface area contributed by atoms with Crippen LogP contribution in [-0.2, 0) is 31.4 Å². The molecule has 6 rings (SSSR count). The summed E-state index contributed by atoms with van der Waals surface area (Å²) in [6.07, 6.45) is 3.90. The summed E-state index contributed by atoms with van der Waals surface area (Å²) in [6.45, 7) is 4.39. The predicted octanol–water partition coefficient (Wildman–Crippen LogP) is 4.87. The lowest BCUT2D eigenvalue weighted by molar-refractivity contribution is -0.140. The Labute approximate surface area is 305 Å². The third-order valence-electron chi connectivity index (χ3n) is 9.85. The first-order valence-electron chi connectivity index (χ1n) is 16.9. The van der Waals surface area contributed by atoms with Crippen molar-refractivity contribution in [2.45, 2.75) is 51.5 Å². The highest BCUT2D eigenvalue weighted by Gasteiger charge is 2.29. The molecule has 3 aromatic carbocycles. The first-order valence-corrected chi connectivity index (χ1v) is 17.2. The Morgan fingerprint density at radius 3 is 2.60 bits per heavy atom. The number of aliphatic hydroxyl groups excluding tert-OH is 2. The van der Waals surface area contributed by atoms with E-state index in [9.17, 15) is 24.9 Å². The van der Waals surface area contributed by atoms with Gasteiger partial charge in [-0.3, -0.25) is 19.8 Å². The number of nitrogens with one attached hydrogen (secondary N) is 2. The molecule has 2 aliphatic rings. The van der Waals surface area contributed by atoms with Gasteiger partial charge in [-0.2, -0.15) is 0 Å². The molecule has 4 aromatic rings. The van der Waals surface area contributed by atoms with Crippen LogP contribution in [0.25, 0.3) is 17.2 Å². The van der Waals surface area contributed by atoms with Crippen molar-refractivity contribution in [3.8, 4) is 22.6 Å². The van der Waals surface area contributed by atoms with Crippen molar-refractivity contribution in [2.24, 2.45) is 7.05 Å². The molecular weight excluding hydrogens is 693 g/mol. The van der Waals surface area contributed by atoms with Crippen LogP contribution in [0.15, 0.2) is 48.5 Å². The lowest BCUT2D eigenvalue weighted by atomic mass is 9.93. The maximum Gasteiger partial charge on any atom is 0.323 e. The minimum Gasteiger partial charge on any atom is -0.496 e. The Morgan fingerprint density at radius 2 is 1.88 bits per heavy atom. The van der Waals surface area contributed by atoms with Crippen molar-refractivity contribution in [2.75, 3.05) is 32.2 Å². The molecule has 2 heterocycles. The van der Waals surface area contributed by atoms with Gasteiger partial charge in [0.1, 0.15) is 28.7 Å². The SMILES string of the molecule is COc1cc(OC2C=Cc3c(-c4cccc(NC(=O)c5nc6c(n5C)CCN(C(C)CO)C6)c4C)cccc32)c(Cl)c(F)c1CN[C@H](CO)C(=O)O. The molecule has 0 saturated carbocycles. The molecule has 1 aliphatic heterocycles. The van der Waals surface area contributed by atoms with Gasteiger partial charge in [-0.1, -0.05) is 48.0 Å². The van der Waals surface area contributed by atoms with E-state index in [0.29, 0.717) is 18.1 Å². The summed E-state index contributed by atoms with van der Waals surface area (Å²) in [5.74, 6) is -1.97. The van der Waals surface area contributed by atoms with Crippen molar-refractivity contribution in [3.63, 3.8) is 0 Å². The van der Waals surface area contributed by atoms with Crippen LogP contribution in [0.3, 0.4) is 0 Å². The molecule has 1 aromatic heterocycles. The number of hydrogen-bond acceptors (Lipinski definition) is 9. The van der Waals surface area contributed by atoms with Gasteiger partial charge >= 0.3 is 5.97 Å². The number of anilines is 1. The summed E-state index contributed by atoms with van der Waals surface area (Å²) in [6, 6.07) is 11.7. The van der Waals surface area contributed by atoms with Crippen LogP contribution in [0.1, 0.15) is 57.3 Å². The molecule has 0 bridgehead atoms. The van der Waals surface area contributed by atoms with Crippen LogP contribution in [-0.4, -0.2) is 80.6 Å². The number of nitrogens with zero attached hydrogens (tertiary/aromatic N) is 3. The van der Waals surface area contributed by atoms with Gasteiger partial charge < -0.3 is 34.7 Å². The Bertz CT molecular complexity index is 2050. The molecule has 0 radical (unpaired) electrons. The first kappa shape index (κ1) is 37.0. The number of carboxylic acid groups (broad SMARTS) is 1. The van der Waals surface area contributed by atoms with Gasteiger partial charge in [0.25, 0.3) is 5.91 Å². The number of aliphatic carboxylic acids is 1. The van der Waals surface area contributed by atoms with Crippen molar-refractivity contribution >= 4 is 35.2 Å². The average molecular weight is 734 g/mol. The number of carbonyl (C=O) groups excluding carboxylic acids is 1. The number of amides is 1. The van der Waals surface area contributed by atoms with Gasteiger partial charge in [0.2, 0.25) is 0 Å². The molecule has 1 amide bonds. The van der Waals surface area contributed by atoms with E-state index in [4.69, 9.17) is 26.1 Å². The number of aliphatic hydroxyl groups is 2. The summed E-state index contributed by atoms with van der Waals surface area (Å²) in [5.41, 5.74) is 6.88. The number of carboxylic acids is 1. The quantitative estimate of drug-likeness (QED) is 0.128. The van der Waals surface area contributed by atoms with Crippen molar-refractivity contribution in [1.82, 2.24) is 19.8 Å². The number of imidazole rings is 1. The molecule has 3 atom stereocenters. The number of fused-ring (bicyclic) bond motifs is 2. The van der Waals surface area contributed by atoms with Crippen molar-refractivity contribution in [1.29, 1.82) is 0 Å². The standard InChI is InChI=1S/C38H41ClFN5O7/c1-20(18-46)45-14-13-30-28(17-45)42-36(44(30)3)37(48)43-27-10-6-7-22(21(27)2)23-8-5-9-25-24(23)11-12-31(25)52-33-15-32(51-4)26(35(40)34(33)39)16-41-29(19-47)38(49)50/h5-12,15,20,29,31,41,46-47H,13-14,16-19H2,1-4H3,(H,43,48)(H,49,50)/t20?,29-,31?/m1/s1. The van der Waals surface area contributed by atoms with E-state index in [-0.39, 0.29) is 47.2 Å². The average Bonchev–Trinajstić information content (AvgIpc) is 3.71. The second kappa shape index (κ2) is 15.4. The van der Waals surface area contributed by atoms with Crippen molar-refractivity contribution < 1.29 is 38.8 Å². The number of benzene rings is 3. The van der Waals surface area contributed by atoms with Crippen molar-refractivity contribution in [3.05, 3.63) is 98.8 Å². The monoisotopic (exact) mass is 733 g/mol. The Kier molecular flexibility index (Phi) is 11.0. The largest absolute Gasteiger partial charge is 0.496 e. The summed E-state index contributed by atoms with van der Waals surface area (Å²) in [5, 5.41) is 33.5. The number of halogens is 2. The smallest absolute Gasteiger partial charge is 0.323 e. The molecule has 12 nitrogen and oxygen atoms in total. The zero-order valence-electron chi connectivity index (χ0n) is 29.2. The molecule has 14 heteroatoms. The van der Waals surface area contributed by atoms with Gasteiger partial charge in [0.05, 0.1) is 26.0 Å². The van der Waals surface area contributed by atoms with Crippen LogP contribution in [0.2, 0.25) is 5.02 Å². The van der Waals surface area contributed by atoms with Crippen LogP contribution < -0.4 is 20.1 Å². The third kappa shape index (κ3) is 7.02. The Balaban J connectivity index is 1.22. The normalized spacial score (nSPS) is 16.3. The van der Waals surface area contributed by atoms with E-state index < -0.39 is 30.5 Å². The maximum absolute atomic E-state index is 15.5. The predicted molar refractivity (Wildman–Crippen MR) is 194 cm³/mol. The number of rotatable bonds is 13. The number of carbonyl (C=O) groups is 2. The second-order valence-electron chi connectivity index (χ2n) is 12.9. The highest BCUT2D eigenvalue weighted by Crippen LogP contribution is 2.43. The molecular formula is C38H41ClFN5O7. The van der Waals surface area contributed by atoms with E-state index in [1.54, 1.807) is 0 Å². The number of ether oxygens (including phenoxy) is 2. The minimum absolute atomic E-state index is 0.00603. The van der Waals surface area contributed by atoms with Gasteiger partial charge in [0.15, 0.2) is 11.6 Å². The molecule has 0 fully saturated rings. The summed E-state index contributed by atoms with van der Waals surface area (Å²) < 4.78 is 29.0. The zero-order chi connectivity index (χ0) is 37.3. The molecule has 0 spiro atoms. The topological polar surface area (TPSA) is 158 Å². The second-order valence-corrected chi connectivity index (χ2v) is 13.3. The molecule has 0 saturated heterocycles. The van der Waals surface area contributed by atoms with E-state index in [2.05, 4.69) is 15.5 Å². The van der Waals surface area contributed by atoms with E-state index in [1.807, 2.05) is 74.0 Å². The fourth-order valence-electron chi connectivity index (χ4n) is 6.77. The van der Waals surface area contributed by atoms with Crippen LogP contribution in [0.5, 0.6) is 11.5 Å². The number of hydrogen-bond donors (Lipinski definition) is 5. The highest BCUT2D eigenvalue weighted by atomic mass is 35.5. The van der Waals surface area contributed by atoms with Gasteiger partial charge in [-0.15, -0.1) is 0 Å². The molecule has 5 N–H and O–H groups in total. The lowest BCUT2D eigenvalue weighted by Crippen LogP contribution is -2.39. The van der Waals surface area contributed by atoms with E-state index in [0.717, 1.165) is 52.2 Å². The summed E-state index contributed by atoms with van der Waals surface area (Å²) in [7, 11) is 3.20. The maximum atomic E-state index is 15.5. The highest BCUT2D eigenvalue weighted by molar-refractivity contribution is 6.32. The molecule has 52 heavy (non-hydrogen) atoms. The Hall–Kier alpha value is -4.79. The molecule has 2 unspecified atom stereocenters. The van der Waals surface area contributed by atoms with Gasteiger partial charge in [-0.25, -0.2) is 9.37 Å². The fraction of sp³-hybridized carbons (Fsp3) is 0.342. The Morgan fingerprint density at radius 1 is 1.13 bits per heavy atom. The minimum atomic E-state index is -1.30. The third-order valence-corrected chi connectivity index (χ3v) is 10.2. The summed E-state index contributed by atoms with van der Waals surface area (Å²) in [4.78, 5) is 31.7. The van der Waals surface area contributed by atoms with Crippen LogP contribution in [0, 0.1) is 12.7 Å². The van der Waals surface area contributed by atoms with Crippen LogP contribution >= 0.6 is 11.6 Å². The lowest BCUT2D eigenvalue weighted by Gasteiger charge is -2.30. The molecule has 274 valence electrons. The van der Waals surface area contributed by atoms with Gasteiger partial charge in [-0.05, 0) is 48.2 Å².